The molecule has 1 unspecified atom stereocenters. The van der Waals surface area contributed by atoms with E-state index in [4.69, 9.17) is 4.74 Å². The van der Waals surface area contributed by atoms with Gasteiger partial charge in [0, 0.05) is 12.5 Å². The normalized spacial score (nSPS) is 22.2. The molecule has 2 rings (SSSR count). The van der Waals surface area contributed by atoms with Crippen LogP contribution in [0.15, 0.2) is 30.3 Å². The molecule has 21 heavy (non-hydrogen) atoms. The van der Waals surface area contributed by atoms with Crippen molar-refractivity contribution in [2.45, 2.75) is 44.8 Å². The first kappa shape index (κ1) is 15.9. The molecule has 1 aliphatic rings. The quantitative estimate of drug-likeness (QED) is 0.853. The fourth-order valence-electron chi connectivity index (χ4n) is 2.56. The second kappa shape index (κ2) is 6.10. The van der Waals surface area contributed by atoms with Crippen LogP contribution in [0.5, 0.6) is 0 Å². The molecule has 2 atom stereocenters. The van der Waals surface area contributed by atoms with Crippen LogP contribution in [0.4, 0.5) is 4.79 Å². The molecule has 0 aromatic heterocycles. The Bertz CT molecular complexity index is 524. The summed E-state index contributed by atoms with van der Waals surface area (Å²) in [6.45, 7) is 5.92. The van der Waals surface area contributed by atoms with E-state index in [0.29, 0.717) is 13.0 Å². The summed E-state index contributed by atoms with van der Waals surface area (Å²) >= 11 is 3.92. The number of carbonyl (C=O) groups excluding carboxylic acids is 2. The topological polar surface area (TPSA) is 46.6 Å². The first-order valence-corrected chi connectivity index (χ1v) is 7.50. The van der Waals surface area contributed by atoms with E-state index in [2.05, 4.69) is 12.6 Å². The molecule has 1 aliphatic heterocycles. The van der Waals surface area contributed by atoms with Crippen LogP contribution in [-0.4, -0.2) is 34.3 Å². The highest BCUT2D eigenvalue weighted by Crippen LogP contribution is 2.33. The van der Waals surface area contributed by atoms with Gasteiger partial charge in [0.2, 0.25) is 5.12 Å². The zero-order valence-electron chi connectivity index (χ0n) is 12.6. The fourth-order valence-corrected chi connectivity index (χ4v) is 2.80. The van der Waals surface area contributed by atoms with Crippen LogP contribution < -0.4 is 0 Å². The third-order valence-corrected chi connectivity index (χ3v) is 3.78. The highest BCUT2D eigenvalue weighted by atomic mass is 32.1. The van der Waals surface area contributed by atoms with Crippen LogP contribution in [0.1, 0.15) is 38.7 Å². The van der Waals surface area contributed by atoms with Gasteiger partial charge in [0.15, 0.2) is 0 Å². The van der Waals surface area contributed by atoms with Crippen molar-refractivity contribution in [3.63, 3.8) is 0 Å². The number of rotatable bonds is 2. The second-order valence-corrected chi connectivity index (χ2v) is 6.77. The maximum Gasteiger partial charge on any atom is 0.410 e. The van der Waals surface area contributed by atoms with E-state index < -0.39 is 17.7 Å². The van der Waals surface area contributed by atoms with Crippen molar-refractivity contribution in [3.05, 3.63) is 35.9 Å². The number of amides is 1. The zero-order valence-corrected chi connectivity index (χ0v) is 13.5. The minimum Gasteiger partial charge on any atom is -0.444 e. The fraction of sp³-hybridized carbons (Fsp3) is 0.500. The monoisotopic (exact) mass is 307 g/mol. The first-order valence-electron chi connectivity index (χ1n) is 7.05. The maximum atomic E-state index is 12.3. The molecule has 0 N–H and O–H groups in total. The van der Waals surface area contributed by atoms with E-state index in [-0.39, 0.29) is 11.0 Å². The van der Waals surface area contributed by atoms with E-state index in [1.807, 2.05) is 51.1 Å². The third kappa shape index (κ3) is 4.00. The second-order valence-electron chi connectivity index (χ2n) is 6.33. The summed E-state index contributed by atoms with van der Waals surface area (Å²) < 4.78 is 5.39. The van der Waals surface area contributed by atoms with Gasteiger partial charge in [0.25, 0.3) is 0 Å². The molecule has 1 fully saturated rings. The van der Waals surface area contributed by atoms with Gasteiger partial charge in [-0.3, -0.25) is 9.69 Å². The van der Waals surface area contributed by atoms with E-state index in [1.54, 1.807) is 0 Å². The Kier molecular flexibility index (Phi) is 4.61. The van der Waals surface area contributed by atoms with Crippen LogP contribution in [0.2, 0.25) is 0 Å². The molecule has 1 amide bonds. The number of benzene rings is 1. The highest BCUT2D eigenvalue weighted by molar-refractivity contribution is 7.96. The Hall–Kier alpha value is -1.49. The molecule has 1 aromatic rings. The van der Waals surface area contributed by atoms with E-state index in [9.17, 15) is 9.59 Å². The van der Waals surface area contributed by atoms with Gasteiger partial charge in [0.05, 0.1) is 0 Å². The van der Waals surface area contributed by atoms with Crippen LogP contribution in [-0.2, 0) is 9.53 Å². The number of likely N-dealkylation sites (tertiary alicyclic amines) is 1. The summed E-state index contributed by atoms with van der Waals surface area (Å²) in [5, 5.41) is -0.292. The molecule has 0 saturated carbocycles. The van der Waals surface area contributed by atoms with Gasteiger partial charge in [-0.05, 0) is 32.8 Å². The lowest BCUT2D eigenvalue weighted by molar-refractivity contribution is -0.114. The van der Waals surface area contributed by atoms with Gasteiger partial charge in [-0.1, -0.05) is 30.3 Å². The smallest absolute Gasteiger partial charge is 0.410 e. The van der Waals surface area contributed by atoms with E-state index >= 15 is 0 Å². The van der Waals surface area contributed by atoms with Crippen molar-refractivity contribution >= 4 is 23.8 Å². The number of carbonyl (C=O) groups is 2. The van der Waals surface area contributed by atoms with Crippen LogP contribution >= 0.6 is 12.6 Å². The lowest BCUT2D eigenvalue weighted by atomic mass is 9.97. The van der Waals surface area contributed by atoms with Crippen molar-refractivity contribution in [2.24, 2.45) is 0 Å². The van der Waals surface area contributed by atoms with E-state index in [0.717, 1.165) is 5.56 Å². The minimum atomic E-state index is -0.577. The molecule has 1 saturated heterocycles. The number of hydrogen-bond donors (Lipinski definition) is 1. The molecule has 4 nitrogen and oxygen atoms in total. The number of hydrogen-bond acceptors (Lipinski definition) is 3. The van der Waals surface area contributed by atoms with Crippen molar-refractivity contribution in [3.8, 4) is 0 Å². The Balaban J connectivity index is 2.16. The van der Waals surface area contributed by atoms with Gasteiger partial charge in [-0.15, -0.1) is 12.6 Å². The summed E-state index contributed by atoms with van der Waals surface area (Å²) in [5.41, 5.74) is 0.551. The van der Waals surface area contributed by atoms with Crippen molar-refractivity contribution in [1.29, 1.82) is 0 Å². The minimum absolute atomic E-state index is 0.139. The molecular weight excluding hydrogens is 286 g/mol. The SMILES string of the molecule is CC(C)(C)OC(=O)N1CC(c2ccccc2)C[C@@H]1C(=O)S. The Morgan fingerprint density at radius 3 is 2.38 bits per heavy atom. The number of nitrogens with zero attached hydrogens (tertiary/aromatic N) is 1. The molecule has 0 spiro atoms. The van der Waals surface area contributed by atoms with Crippen LogP contribution in [0, 0.1) is 0 Å². The highest BCUT2D eigenvalue weighted by Gasteiger charge is 2.40. The van der Waals surface area contributed by atoms with Gasteiger partial charge >= 0.3 is 6.09 Å². The summed E-state index contributed by atoms with van der Waals surface area (Å²) in [5.74, 6) is 0.139. The Labute approximate surface area is 130 Å². The average molecular weight is 307 g/mol. The standard InChI is InChI=1S/C16H21NO3S/c1-16(2,3)20-15(19)17-10-12(9-13(17)14(18)21)11-7-5-4-6-8-11/h4-8,12-13H,9-10H2,1-3H3,(H,18,21)/t12?,13-/m1/s1. The molecule has 114 valence electrons. The summed E-state index contributed by atoms with van der Waals surface area (Å²) in [6.07, 6.45) is 0.138. The van der Waals surface area contributed by atoms with Crippen LogP contribution in [0.25, 0.3) is 0 Å². The predicted octanol–water partition coefficient (Wildman–Crippen LogP) is 3.24. The molecular formula is C16H21NO3S. The van der Waals surface area contributed by atoms with Gasteiger partial charge in [0.1, 0.15) is 11.6 Å². The Morgan fingerprint density at radius 2 is 1.86 bits per heavy atom. The zero-order chi connectivity index (χ0) is 15.6. The van der Waals surface area contributed by atoms with Crippen LogP contribution in [0.3, 0.4) is 0 Å². The summed E-state index contributed by atoms with van der Waals surface area (Å²) in [7, 11) is 0. The van der Waals surface area contributed by atoms with Crippen molar-refractivity contribution in [1.82, 2.24) is 4.90 Å². The molecule has 0 aliphatic carbocycles. The number of thiol groups is 1. The third-order valence-electron chi connectivity index (χ3n) is 3.49. The maximum absolute atomic E-state index is 12.3. The van der Waals surface area contributed by atoms with Gasteiger partial charge < -0.3 is 4.74 Å². The lowest BCUT2D eigenvalue weighted by Crippen LogP contribution is -2.42. The van der Waals surface area contributed by atoms with Crippen molar-refractivity contribution < 1.29 is 14.3 Å². The molecule has 0 radical (unpaired) electrons. The van der Waals surface area contributed by atoms with Crippen molar-refractivity contribution in [2.75, 3.05) is 6.54 Å². The predicted molar refractivity (Wildman–Crippen MR) is 84.5 cm³/mol. The molecule has 1 heterocycles. The van der Waals surface area contributed by atoms with Gasteiger partial charge in [-0.2, -0.15) is 0 Å². The summed E-state index contributed by atoms with van der Waals surface area (Å²) in [6, 6.07) is 9.39. The molecule has 1 aromatic carbocycles. The largest absolute Gasteiger partial charge is 0.444 e. The average Bonchev–Trinajstić information content (AvgIpc) is 2.83. The Morgan fingerprint density at radius 1 is 1.24 bits per heavy atom. The number of ether oxygens (including phenoxy) is 1. The molecule has 0 bridgehead atoms. The lowest BCUT2D eigenvalue weighted by Gasteiger charge is -2.27. The van der Waals surface area contributed by atoms with E-state index in [1.165, 1.54) is 4.90 Å². The molecule has 5 heteroatoms. The summed E-state index contributed by atoms with van der Waals surface area (Å²) in [4.78, 5) is 25.5. The van der Waals surface area contributed by atoms with Gasteiger partial charge in [-0.25, -0.2) is 4.79 Å². The first-order chi connectivity index (χ1) is 9.78.